The molecule has 3 aromatic rings. The number of sulfonamides is 1. The summed E-state index contributed by atoms with van der Waals surface area (Å²) in [6.07, 6.45) is 1.68. The summed E-state index contributed by atoms with van der Waals surface area (Å²) in [6, 6.07) is 17.3. The van der Waals surface area contributed by atoms with Gasteiger partial charge >= 0.3 is 0 Å². The van der Waals surface area contributed by atoms with E-state index in [1.165, 1.54) is 35.2 Å². The molecule has 41 heavy (non-hydrogen) atoms. The predicted molar refractivity (Wildman–Crippen MR) is 153 cm³/mol. The first-order chi connectivity index (χ1) is 19.7. The van der Waals surface area contributed by atoms with E-state index in [1.807, 2.05) is 37.3 Å². The molecule has 0 fully saturated rings. The molecule has 2 amide bonds. The van der Waals surface area contributed by atoms with Gasteiger partial charge in [0.05, 0.1) is 10.6 Å². The minimum Gasteiger partial charge on any atom is -0.486 e. The number of ether oxygens (including phenoxy) is 2. The van der Waals surface area contributed by atoms with Gasteiger partial charge in [0.25, 0.3) is 10.0 Å². The summed E-state index contributed by atoms with van der Waals surface area (Å²) in [5, 5.41) is 2.85. The molecular weight excluding hydrogens is 549 g/mol. The summed E-state index contributed by atoms with van der Waals surface area (Å²) < 4.78 is 53.8. The lowest BCUT2D eigenvalue weighted by Gasteiger charge is -2.32. The van der Waals surface area contributed by atoms with Crippen LogP contribution < -0.4 is 19.1 Å². The number of anilines is 1. The van der Waals surface area contributed by atoms with Gasteiger partial charge in [-0.25, -0.2) is 12.8 Å². The molecule has 0 aromatic heterocycles. The lowest BCUT2D eigenvalue weighted by molar-refractivity contribution is -0.139. The van der Waals surface area contributed by atoms with Crippen LogP contribution in [-0.2, 0) is 26.2 Å². The average molecular weight is 584 g/mol. The Labute approximate surface area is 239 Å². The molecule has 1 heterocycles. The van der Waals surface area contributed by atoms with Gasteiger partial charge in [-0.05, 0) is 55.3 Å². The topological polar surface area (TPSA) is 105 Å². The highest BCUT2D eigenvalue weighted by Gasteiger charge is 2.33. The summed E-state index contributed by atoms with van der Waals surface area (Å²) in [7, 11) is -4.34. The third kappa shape index (κ3) is 7.35. The molecule has 0 spiro atoms. The van der Waals surface area contributed by atoms with Crippen molar-refractivity contribution < 1.29 is 31.9 Å². The number of carbonyl (C=O) groups is 2. The van der Waals surface area contributed by atoms with Crippen molar-refractivity contribution in [3.63, 3.8) is 0 Å². The summed E-state index contributed by atoms with van der Waals surface area (Å²) >= 11 is 0. The minimum atomic E-state index is -4.34. The van der Waals surface area contributed by atoms with Gasteiger partial charge < -0.3 is 19.7 Å². The Morgan fingerprint density at radius 1 is 0.976 bits per heavy atom. The summed E-state index contributed by atoms with van der Waals surface area (Å²) in [5.74, 6) is -0.814. The fourth-order valence-electron chi connectivity index (χ4n) is 4.35. The van der Waals surface area contributed by atoms with Crippen LogP contribution in [0, 0.1) is 5.82 Å². The van der Waals surface area contributed by atoms with Crippen molar-refractivity contribution in [2.24, 2.45) is 0 Å². The van der Waals surface area contributed by atoms with E-state index in [4.69, 9.17) is 9.47 Å². The molecule has 9 nitrogen and oxygen atoms in total. The zero-order chi connectivity index (χ0) is 29.4. The minimum absolute atomic E-state index is 0.0867. The fraction of sp³-hybridized carbons (Fsp3) is 0.333. The van der Waals surface area contributed by atoms with E-state index < -0.39 is 34.3 Å². The second kappa shape index (κ2) is 13.5. The van der Waals surface area contributed by atoms with Crippen LogP contribution in [0.2, 0.25) is 0 Å². The lowest BCUT2D eigenvalue weighted by atomic mass is 10.1. The van der Waals surface area contributed by atoms with Gasteiger partial charge in [0.2, 0.25) is 11.8 Å². The van der Waals surface area contributed by atoms with Crippen molar-refractivity contribution >= 4 is 27.5 Å². The second-order valence-electron chi connectivity index (χ2n) is 9.62. The Morgan fingerprint density at radius 3 is 2.34 bits per heavy atom. The molecule has 0 saturated carbocycles. The zero-order valence-corrected chi connectivity index (χ0v) is 23.9. The smallest absolute Gasteiger partial charge is 0.264 e. The van der Waals surface area contributed by atoms with Crippen LogP contribution in [-0.4, -0.2) is 57.5 Å². The van der Waals surface area contributed by atoms with Crippen molar-refractivity contribution in [3.8, 4) is 11.5 Å². The quantitative estimate of drug-likeness (QED) is 0.322. The monoisotopic (exact) mass is 583 g/mol. The van der Waals surface area contributed by atoms with Crippen molar-refractivity contribution in [2.75, 3.05) is 30.6 Å². The van der Waals surface area contributed by atoms with Crippen LogP contribution in [0.3, 0.4) is 0 Å². The largest absolute Gasteiger partial charge is 0.486 e. The maximum atomic E-state index is 14.0. The SMILES string of the molecule is CCCCNC(=O)[C@H](C)N(Cc1ccccc1)C(=O)CN(c1ccc(F)cc1)S(=O)(=O)c1ccc2c(c1)OCCO2. The molecular formula is C30H34FN3O6S. The van der Waals surface area contributed by atoms with Crippen LogP contribution in [0.4, 0.5) is 10.1 Å². The van der Waals surface area contributed by atoms with E-state index in [0.29, 0.717) is 18.9 Å². The Morgan fingerprint density at radius 2 is 1.66 bits per heavy atom. The number of nitrogens with one attached hydrogen (secondary N) is 1. The number of amides is 2. The van der Waals surface area contributed by atoms with Gasteiger partial charge in [0.1, 0.15) is 31.6 Å². The van der Waals surface area contributed by atoms with Crippen LogP contribution in [0.5, 0.6) is 11.5 Å². The number of benzene rings is 3. The Kier molecular flexibility index (Phi) is 9.82. The van der Waals surface area contributed by atoms with Crippen molar-refractivity contribution in [1.82, 2.24) is 10.2 Å². The molecule has 4 rings (SSSR count). The van der Waals surface area contributed by atoms with Crippen molar-refractivity contribution in [1.29, 1.82) is 0 Å². The number of rotatable bonds is 12. The van der Waals surface area contributed by atoms with Crippen LogP contribution >= 0.6 is 0 Å². The molecule has 1 N–H and O–H groups in total. The molecule has 0 saturated heterocycles. The maximum Gasteiger partial charge on any atom is 0.264 e. The van der Waals surface area contributed by atoms with Crippen molar-refractivity contribution in [3.05, 3.63) is 84.2 Å². The molecule has 11 heteroatoms. The van der Waals surface area contributed by atoms with Gasteiger partial charge in [-0.3, -0.25) is 13.9 Å². The number of halogens is 1. The first-order valence-corrected chi connectivity index (χ1v) is 14.9. The lowest BCUT2D eigenvalue weighted by Crippen LogP contribution is -2.51. The van der Waals surface area contributed by atoms with Crippen LogP contribution in [0.25, 0.3) is 0 Å². The van der Waals surface area contributed by atoms with Gasteiger partial charge in [0, 0.05) is 19.2 Å². The molecule has 1 atom stereocenters. The Bertz CT molecular complexity index is 1450. The van der Waals surface area contributed by atoms with E-state index >= 15 is 0 Å². The average Bonchev–Trinajstić information content (AvgIpc) is 2.99. The molecule has 3 aromatic carbocycles. The van der Waals surface area contributed by atoms with E-state index in [0.717, 1.165) is 34.8 Å². The molecule has 1 aliphatic heterocycles. The third-order valence-electron chi connectivity index (χ3n) is 6.69. The molecule has 0 unspecified atom stereocenters. The van der Waals surface area contributed by atoms with E-state index in [1.54, 1.807) is 6.92 Å². The number of hydrogen-bond acceptors (Lipinski definition) is 6. The molecule has 0 radical (unpaired) electrons. The van der Waals surface area contributed by atoms with E-state index in [-0.39, 0.29) is 35.4 Å². The van der Waals surface area contributed by atoms with Crippen LogP contribution in [0.1, 0.15) is 32.3 Å². The number of fused-ring (bicyclic) bond motifs is 1. The Balaban J connectivity index is 1.68. The number of carbonyl (C=O) groups excluding carboxylic acids is 2. The first-order valence-electron chi connectivity index (χ1n) is 13.5. The molecule has 0 bridgehead atoms. The van der Waals surface area contributed by atoms with E-state index in [9.17, 15) is 22.4 Å². The zero-order valence-electron chi connectivity index (χ0n) is 23.1. The fourth-order valence-corrected chi connectivity index (χ4v) is 5.78. The van der Waals surface area contributed by atoms with Gasteiger partial charge in [-0.15, -0.1) is 0 Å². The van der Waals surface area contributed by atoms with Gasteiger partial charge in [-0.1, -0.05) is 43.7 Å². The Hall–Kier alpha value is -4.12. The summed E-state index contributed by atoms with van der Waals surface area (Å²) in [5.41, 5.74) is 0.867. The first kappa shape index (κ1) is 29.9. The number of hydrogen-bond donors (Lipinski definition) is 1. The predicted octanol–water partition coefficient (Wildman–Crippen LogP) is 4.13. The second-order valence-corrected chi connectivity index (χ2v) is 11.5. The highest BCUT2D eigenvalue weighted by atomic mass is 32.2. The molecule has 218 valence electrons. The summed E-state index contributed by atoms with van der Waals surface area (Å²) in [4.78, 5) is 28.1. The maximum absolute atomic E-state index is 14.0. The highest BCUT2D eigenvalue weighted by Crippen LogP contribution is 2.34. The third-order valence-corrected chi connectivity index (χ3v) is 8.46. The number of nitrogens with zero attached hydrogens (tertiary/aromatic N) is 2. The highest BCUT2D eigenvalue weighted by molar-refractivity contribution is 7.92. The van der Waals surface area contributed by atoms with E-state index in [2.05, 4.69) is 5.32 Å². The number of unbranched alkanes of at least 4 members (excludes halogenated alkanes) is 1. The molecule has 0 aliphatic carbocycles. The van der Waals surface area contributed by atoms with Crippen LogP contribution in [0.15, 0.2) is 77.7 Å². The normalized spacial score (nSPS) is 13.2. The molecule has 1 aliphatic rings. The van der Waals surface area contributed by atoms with Gasteiger partial charge in [0.15, 0.2) is 11.5 Å². The van der Waals surface area contributed by atoms with Crippen molar-refractivity contribution in [2.45, 2.75) is 44.2 Å². The summed E-state index contributed by atoms with van der Waals surface area (Å²) in [6.45, 7) is 4.16. The standard InChI is InChI=1S/C30H34FN3O6S/c1-3-4-16-32-30(36)22(2)33(20-23-8-6-5-7-9-23)29(35)21-34(25-12-10-24(31)11-13-25)41(37,38)26-14-15-27-28(19-26)40-18-17-39-27/h5-15,19,22H,3-4,16-18,20-21H2,1-2H3,(H,32,36)/t22-/m0/s1. The van der Waals surface area contributed by atoms with Gasteiger partial charge in [-0.2, -0.15) is 0 Å².